The van der Waals surface area contributed by atoms with Gasteiger partial charge in [-0.05, 0) is 19.1 Å². The lowest BCUT2D eigenvalue weighted by molar-refractivity contribution is 0.180. The fraction of sp³-hybridized carbons (Fsp3) is 0.364. The monoisotopic (exact) mass is 203 g/mol. The molecule has 15 heavy (non-hydrogen) atoms. The molecule has 3 N–H and O–H groups in total. The quantitative estimate of drug-likeness (QED) is 0.682. The maximum absolute atomic E-state index is 8.66. The summed E-state index contributed by atoms with van der Waals surface area (Å²) in [7, 11) is 0. The molecule has 1 aromatic carbocycles. The van der Waals surface area contributed by atoms with Gasteiger partial charge in [-0.1, -0.05) is 6.07 Å². The first-order valence-corrected chi connectivity index (χ1v) is 4.91. The average Bonchev–Trinajstić information content (AvgIpc) is 2.21. The zero-order valence-electron chi connectivity index (χ0n) is 8.53. The van der Waals surface area contributed by atoms with Gasteiger partial charge in [-0.25, -0.2) is 0 Å². The molecule has 0 aliphatic carbocycles. The number of benzene rings is 1. The Labute approximate surface area is 88.6 Å². The van der Waals surface area contributed by atoms with Gasteiger partial charge < -0.3 is 15.8 Å². The van der Waals surface area contributed by atoms with Crippen LogP contribution < -0.4 is 15.8 Å². The Morgan fingerprint density at radius 3 is 3.13 bits per heavy atom. The number of nitrogen functional groups attached to an aromatic ring is 1. The van der Waals surface area contributed by atoms with Crippen LogP contribution in [0.5, 0.6) is 5.75 Å². The van der Waals surface area contributed by atoms with Gasteiger partial charge in [0.2, 0.25) is 0 Å². The molecule has 4 heteroatoms. The van der Waals surface area contributed by atoms with Crippen molar-refractivity contribution in [1.29, 1.82) is 5.26 Å². The molecular weight excluding hydrogens is 190 g/mol. The zero-order chi connectivity index (χ0) is 10.8. The van der Waals surface area contributed by atoms with Crippen LogP contribution in [0.2, 0.25) is 0 Å². The number of anilines is 2. The summed E-state index contributed by atoms with van der Waals surface area (Å²) < 4.78 is 5.71. The SMILES string of the molecule is CC1Nc2cccc(N)c2OC1CC#N. The van der Waals surface area contributed by atoms with E-state index in [1.54, 1.807) is 6.07 Å². The molecule has 2 rings (SSSR count). The van der Waals surface area contributed by atoms with E-state index in [0.29, 0.717) is 17.9 Å². The van der Waals surface area contributed by atoms with E-state index in [2.05, 4.69) is 11.4 Å². The standard InChI is InChI=1S/C11H13N3O/c1-7-10(5-6-12)15-11-8(13)3-2-4-9(11)14-7/h2-4,7,10,14H,5,13H2,1H3. The number of para-hydroxylation sites is 1. The molecule has 0 spiro atoms. The van der Waals surface area contributed by atoms with Gasteiger partial charge in [-0.2, -0.15) is 5.26 Å². The molecule has 1 heterocycles. The lowest BCUT2D eigenvalue weighted by Crippen LogP contribution is -2.39. The van der Waals surface area contributed by atoms with Crippen molar-refractivity contribution < 1.29 is 4.74 Å². The smallest absolute Gasteiger partial charge is 0.165 e. The normalized spacial score (nSPS) is 23.2. The van der Waals surface area contributed by atoms with Crippen LogP contribution in [0.4, 0.5) is 11.4 Å². The summed E-state index contributed by atoms with van der Waals surface area (Å²) in [5, 5.41) is 11.9. The second kappa shape index (κ2) is 3.70. The highest BCUT2D eigenvalue weighted by Gasteiger charge is 2.26. The van der Waals surface area contributed by atoms with Crippen molar-refractivity contribution in [3.05, 3.63) is 18.2 Å². The van der Waals surface area contributed by atoms with Crippen LogP contribution in [0.3, 0.4) is 0 Å². The lowest BCUT2D eigenvalue weighted by atomic mass is 10.1. The number of nitriles is 1. The molecule has 0 amide bonds. The van der Waals surface area contributed by atoms with Crippen LogP contribution >= 0.6 is 0 Å². The molecule has 1 aromatic rings. The Morgan fingerprint density at radius 2 is 2.40 bits per heavy atom. The maximum atomic E-state index is 8.66. The van der Waals surface area contributed by atoms with E-state index in [9.17, 15) is 0 Å². The summed E-state index contributed by atoms with van der Waals surface area (Å²) in [6.45, 7) is 1.99. The Hall–Kier alpha value is -1.89. The molecule has 0 saturated carbocycles. The largest absolute Gasteiger partial charge is 0.483 e. The molecule has 0 bridgehead atoms. The van der Waals surface area contributed by atoms with Crippen LogP contribution in [-0.4, -0.2) is 12.1 Å². The number of nitrogens with zero attached hydrogens (tertiary/aromatic N) is 1. The minimum absolute atomic E-state index is 0.124. The second-order valence-electron chi connectivity index (χ2n) is 3.68. The first-order chi connectivity index (χ1) is 7.22. The zero-order valence-corrected chi connectivity index (χ0v) is 8.53. The average molecular weight is 203 g/mol. The molecule has 2 unspecified atom stereocenters. The molecule has 0 aromatic heterocycles. The van der Waals surface area contributed by atoms with Crippen LogP contribution in [0.25, 0.3) is 0 Å². The van der Waals surface area contributed by atoms with Crippen LogP contribution in [0, 0.1) is 11.3 Å². The van der Waals surface area contributed by atoms with E-state index in [4.69, 9.17) is 15.7 Å². The number of rotatable bonds is 1. The molecule has 4 nitrogen and oxygen atoms in total. The first-order valence-electron chi connectivity index (χ1n) is 4.91. The number of fused-ring (bicyclic) bond motifs is 1. The summed E-state index contributed by atoms with van der Waals surface area (Å²) in [5.41, 5.74) is 7.30. The van der Waals surface area contributed by atoms with Crippen molar-refractivity contribution in [1.82, 2.24) is 0 Å². The van der Waals surface area contributed by atoms with Crippen LogP contribution in [0.1, 0.15) is 13.3 Å². The minimum atomic E-state index is -0.132. The summed E-state index contributed by atoms with van der Waals surface area (Å²) >= 11 is 0. The molecule has 0 fully saturated rings. The summed E-state index contributed by atoms with van der Waals surface area (Å²) in [4.78, 5) is 0. The van der Waals surface area contributed by atoms with E-state index in [0.717, 1.165) is 5.69 Å². The number of nitrogens with two attached hydrogens (primary N) is 1. The van der Waals surface area contributed by atoms with Gasteiger partial charge in [0.1, 0.15) is 6.10 Å². The van der Waals surface area contributed by atoms with E-state index in [-0.39, 0.29) is 12.1 Å². The number of hydrogen-bond acceptors (Lipinski definition) is 4. The van der Waals surface area contributed by atoms with Gasteiger partial charge in [0, 0.05) is 0 Å². The van der Waals surface area contributed by atoms with E-state index >= 15 is 0 Å². The van der Waals surface area contributed by atoms with Gasteiger partial charge in [0.05, 0.1) is 29.9 Å². The fourth-order valence-corrected chi connectivity index (χ4v) is 1.70. The molecule has 0 radical (unpaired) electrons. The van der Waals surface area contributed by atoms with Crippen molar-refractivity contribution >= 4 is 11.4 Å². The third-order valence-electron chi connectivity index (χ3n) is 2.55. The summed E-state index contributed by atoms with van der Waals surface area (Å²) in [6, 6.07) is 7.83. The molecule has 1 aliphatic heterocycles. The van der Waals surface area contributed by atoms with Gasteiger partial charge in [-0.3, -0.25) is 0 Å². The van der Waals surface area contributed by atoms with E-state index in [1.807, 2.05) is 19.1 Å². The number of ether oxygens (including phenoxy) is 1. The van der Waals surface area contributed by atoms with Gasteiger partial charge in [0.15, 0.2) is 5.75 Å². The highest BCUT2D eigenvalue weighted by Crippen LogP contribution is 2.36. The molecule has 1 aliphatic rings. The molecule has 2 atom stereocenters. The van der Waals surface area contributed by atoms with Gasteiger partial charge >= 0.3 is 0 Å². The van der Waals surface area contributed by atoms with E-state index in [1.165, 1.54) is 0 Å². The highest BCUT2D eigenvalue weighted by atomic mass is 16.5. The predicted molar refractivity (Wildman–Crippen MR) is 58.6 cm³/mol. The van der Waals surface area contributed by atoms with Crippen LogP contribution in [-0.2, 0) is 0 Å². The third kappa shape index (κ3) is 1.68. The van der Waals surface area contributed by atoms with Crippen molar-refractivity contribution in [2.75, 3.05) is 11.1 Å². The Bertz CT molecular complexity index is 411. The van der Waals surface area contributed by atoms with Gasteiger partial charge in [0.25, 0.3) is 0 Å². The number of hydrogen-bond donors (Lipinski definition) is 2. The maximum Gasteiger partial charge on any atom is 0.165 e. The first kappa shape index (κ1) is 9.66. The highest BCUT2D eigenvalue weighted by molar-refractivity contribution is 5.70. The third-order valence-corrected chi connectivity index (χ3v) is 2.55. The molecule has 0 saturated heterocycles. The summed E-state index contributed by atoms with van der Waals surface area (Å²) in [5.74, 6) is 0.663. The molecular formula is C11H13N3O. The van der Waals surface area contributed by atoms with Crippen molar-refractivity contribution in [2.24, 2.45) is 0 Å². The Balaban J connectivity index is 2.31. The van der Waals surface area contributed by atoms with E-state index < -0.39 is 0 Å². The number of nitrogens with one attached hydrogen (secondary N) is 1. The van der Waals surface area contributed by atoms with Crippen molar-refractivity contribution in [2.45, 2.75) is 25.5 Å². The topological polar surface area (TPSA) is 71.1 Å². The van der Waals surface area contributed by atoms with Crippen molar-refractivity contribution in [3.8, 4) is 11.8 Å². The van der Waals surface area contributed by atoms with Gasteiger partial charge in [-0.15, -0.1) is 0 Å². The summed E-state index contributed by atoms with van der Waals surface area (Å²) in [6.07, 6.45) is 0.231. The Kier molecular flexibility index (Phi) is 2.38. The lowest BCUT2D eigenvalue weighted by Gasteiger charge is -2.32. The fourth-order valence-electron chi connectivity index (χ4n) is 1.70. The predicted octanol–water partition coefficient (Wildman–Crippen LogP) is 1.74. The minimum Gasteiger partial charge on any atom is -0.483 e. The van der Waals surface area contributed by atoms with Crippen LogP contribution in [0.15, 0.2) is 18.2 Å². The Morgan fingerprint density at radius 1 is 1.60 bits per heavy atom. The molecule has 78 valence electrons. The second-order valence-corrected chi connectivity index (χ2v) is 3.68. The van der Waals surface area contributed by atoms with Crippen molar-refractivity contribution in [3.63, 3.8) is 0 Å².